The first-order chi connectivity index (χ1) is 7.19. The van der Waals surface area contributed by atoms with Crippen molar-refractivity contribution in [2.24, 2.45) is 5.73 Å². The summed E-state index contributed by atoms with van der Waals surface area (Å²) in [6.45, 7) is 4.94. The Morgan fingerprint density at radius 3 is 2.73 bits per heavy atom. The number of rotatable bonds is 5. The molecule has 2 nitrogen and oxygen atoms in total. The maximum atomic E-state index is 13.3. The van der Waals surface area contributed by atoms with Crippen LogP contribution in [0.4, 0.5) is 4.39 Å². The van der Waals surface area contributed by atoms with E-state index in [0.29, 0.717) is 25.1 Å². The van der Waals surface area contributed by atoms with Crippen molar-refractivity contribution in [3.63, 3.8) is 0 Å². The molecule has 0 radical (unpaired) electrons. The van der Waals surface area contributed by atoms with E-state index in [2.05, 4.69) is 0 Å². The normalized spacial score (nSPS) is 10.4. The third-order valence-corrected chi connectivity index (χ3v) is 2.22. The SMILES string of the molecule is CCCOc1cc(C)c(F)cc1CCN. The Kier molecular flexibility index (Phi) is 4.56. The summed E-state index contributed by atoms with van der Waals surface area (Å²) in [6, 6.07) is 3.27. The van der Waals surface area contributed by atoms with Crippen molar-refractivity contribution in [2.45, 2.75) is 26.7 Å². The number of aryl methyl sites for hydroxylation is 1. The van der Waals surface area contributed by atoms with Gasteiger partial charge in [-0.2, -0.15) is 0 Å². The second-order valence-electron chi connectivity index (χ2n) is 3.60. The molecule has 0 atom stereocenters. The predicted molar refractivity (Wildman–Crippen MR) is 59.7 cm³/mol. The number of benzene rings is 1. The van der Waals surface area contributed by atoms with Crippen molar-refractivity contribution >= 4 is 0 Å². The van der Waals surface area contributed by atoms with Gasteiger partial charge in [-0.1, -0.05) is 6.92 Å². The first-order valence-electron chi connectivity index (χ1n) is 5.31. The van der Waals surface area contributed by atoms with Gasteiger partial charge in [-0.25, -0.2) is 4.39 Å². The monoisotopic (exact) mass is 211 g/mol. The topological polar surface area (TPSA) is 35.2 Å². The molecule has 2 N–H and O–H groups in total. The van der Waals surface area contributed by atoms with Gasteiger partial charge in [0.15, 0.2) is 0 Å². The van der Waals surface area contributed by atoms with E-state index < -0.39 is 0 Å². The molecule has 0 saturated heterocycles. The molecule has 0 amide bonds. The maximum absolute atomic E-state index is 13.3. The van der Waals surface area contributed by atoms with Gasteiger partial charge >= 0.3 is 0 Å². The van der Waals surface area contributed by atoms with E-state index in [1.165, 1.54) is 6.07 Å². The average Bonchev–Trinajstić information content (AvgIpc) is 2.21. The van der Waals surface area contributed by atoms with Crippen LogP contribution in [0, 0.1) is 12.7 Å². The summed E-state index contributed by atoms with van der Waals surface area (Å²) in [5, 5.41) is 0. The second-order valence-corrected chi connectivity index (χ2v) is 3.60. The van der Waals surface area contributed by atoms with Crippen LogP contribution in [0.2, 0.25) is 0 Å². The van der Waals surface area contributed by atoms with Crippen LogP contribution < -0.4 is 10.5 Å². The minimum atomic E-state index is -0.192. The fraction of sp³-hybridized carbons (Fsp3) is 0.500. The third-order valence-electron chi connectivity index (χ3n) is 2.22. The van der Waals surface area contributed by atoms with E-state index >= 15 is 0 Å². The first kappa shape index (κ1) is 12.0. The average molecular weight is 211 g/mol. The summed E-state index contributed by atoms with van der Waals surface area (Å²) in [5.41, 5.74) is 6.94. The molecule has 1 aromatic carbocycles. The van der Waals surface area contributed by atoms with Gasteiger partial charge in [0.1, 0.15) is 11.6 Å². The van der Waals surface area contributed by atoms with Crippen molar-refractivity contribution < 1.29 is 9.13 Å². The molecule has 0 fully saturated rings. The van der Waals surface area contributed by atoms with Crippen molar-refractivity contribution in [1.29, 1.82) is 0 Å². The highest BCUT2D eigenvalue weighted by Gasteiger charge is 2.07. The second kappa shape index (κ2) is 5.71. The molecule has 3 heteroatoms. The molecule has 1 rings (SSSR count). The Bertz CT molecular complexity index is 326. The highest BCUT2D eigenvalue weighted by molar-refractivity contribution is 5.38. The molecule has 0 aromatic heterocycles. The van der Waals surface area contributed by atoms with Crippen LogP contribution in [0.25, 0.3) is 0 Å². The molecule has 1 aromatic rings. The van der Waals surface area contributed by atoms with E-state index in [1.54, 1.807) is 13.0 Å². The smallest absolute Gasteiger partial charge is 0.126 e. The quantitative estimate of drug-likeness (QED) is 0.811. The van der Waals surface area contributed by atoms with Gasteiger partial charge in [0, 0.05) is 0 Å². The molecule has 0 heterocycles. The summed E-state index contributed by atoms with van der Waals surface area (Å²) in [7, 11) is 0. The number of hydrogen-bond acceptors (Lipinski definition) is 2. The summed E-state index contributed by atoms with van der Waals surface area (Å²) in [5.74, 6) is 0.573. The molecule has 0 unspecified atom stereocenters. The van der Waals surface area contributed by atoms with Gasteiger partial charge in [-0.05, 0) is 49.6 Å². The Morgan fingerprint density at radius 2 is 2.13 bits per heavy atom. The zero-order chi connectivity index (χ0) is 11.3. The lowest BCUT2D eigenvalue weighted by molar-refractivity contribution is 0.313. The zero-order valence-electron chi connectivity index (χ0n) is 9.35. The third kappa shape index (κ3) is 3.20. The van der Waals surface area contributed by atoms with Crippen molar-refractivity contribution in [3.8, 4) is 5.75 Å². The fourth-order valence-electron chi connectivity index (χ4n) is 1.39. The van der Waals surface area contributed by atoms with Crippen molar-refractivity contribution in [3.05, 3.63) is 29.1 Å². The molecule has 15 heavy (non-hydrogen) atoms. The number of ether oxygens (including phenoxy) is 1. The van der Waals surface area contributed by atoms with Gasteiger partial charge in [-0.3, -0.25) is 0 Å². The summed E-state index contributed by atoms with van der Waals surface area (Å²) >= 11 is 0. The molecule has 0 bridgehead atoms. The highest BCUT2D eigenvalue weighted by atomic mass is 19.1. The Labute approximate surface area is 90.2 Å². The molecule has 0 aliphatic carbocycles. The van der Waals surface area contributed by atoms with Crippen LogP contribution in [0.15, 0.2) is 12.1 Å². The van der Waals surface area contributed by atoms with Crippen LogP contribution in [0.3, 0.4) is 0 Å². The Hall–Kier alpha value is -1.09. The van der Waals surface area contributed by atoms with Crippen molar-refractivity contribution in [1.82, 2.24) is 0 Å². The standard InChI is InChI=1S/C12H18FNO/c1-3-6-15-12-7-9(2)11(13)8-10(12)4-5-14/h7-8H,3-6,14H2,1-2H3. The number of hydrogen-bond donors (Lipinski definition) is 1. The Morgan fingerprint density at radius 1 is 1.40 bits per heavy atom. The van der Waals surface area contributed by atoms with E-state index in [4.69, 9.17) is 10.5 Å². The van der Waals surface area contributed by atoms with Crippen LogP contribution >= 0.6 is 0 Å². The van der Waals surface area contributed by atoms with E-state index in [9.17, 15) is 4.39 Å². The number of halogens is 1. The van der Waals surface area contributed by atoms with Gasteiger partial charge in [0.25, 0.3) is 0 Å². The predicted octanol–water partition coefficient (Wildman–Crippen LogP) is 2.42. The minimum absolute atomic E-state index is 0.192. The summed E-state index contributed by atoms with van der Waals surface area (Å²) in [4.78, 5) is 0. The van der Waals surface area contributed by atoms with Gasteiger partial charge in [0.05, 0.1) is 6.61 Å². The largest absolute Gasteiger partial charge is 0.493 e. The lowest BCUT2D eigenvalue weighted by Gasteiger charge is -2.11. The van der Waals surface area contributed by atoms with E-state index in [1.807, 2.05) is 6.92 Å². The van der Waals surface area contributed by atoms with Crippen molar-refractivity contribution in [2.75, 3.05) is 13.2 Å². The highest BCUT2D eigenvalue weighted by Crippen LogP contribution is 2.23. The zero-order valence-corrected chi connectivity index (χ0v) is 9.35. The lowest BCUT2D eigenvalue weighted by Crippen LogP contribution is -2.07. The first-order valence-corrected chi connectivity index (χ1v) is 5.31. The van der Waals surface area contributed by atoms with Gasteiger partial charge in [-0.15, -0.1) is 0 Å². The van der Waals surface area contributed by atoms with Gasteiger partial charge in [0.2, 0.25) is 0 Å². The molecular formula is C12H18FNO. The molecular weight excluding hydrogens is 193 g/mol. The number of nitrogens with two attached hydrogens (primary N) is 1. The molecule has 84 valence electrons. The fourth-order valence-corrected chi connectivity index (χ4v) is 1.39. The molecule has 0 aliphatic heterocycles. The van der Waals surface area contributed by atoms with E-state index in [0.717, 1.165) is 17.7 Å². The van der Waals surface area contributed by atoms with Crippen LogP contribution in [0.5, 0.6) is 5.75 Å². The molecule has 0 saturated carbocycles. The molecule has 0 aliphatic rings. The van der Waals surface area contributed by atoms with Crippen LogP contribution in [0.1, 0.15) is 24.5 Å². The van der Waals surface area contributed by atoms with Gasteiger partial charge < -0.3 is 10.5 Å². The lowest BCUT2D eigenvalue weighted by atomic mass is 10.1. The Balaban J connectivity index is 2.93. The summed E-state index contributed by atoms with van der Waals surface area (Å²) < 4.78 is 18.9. The van der Waals surface area contributed by atoms with Crippen LogP contribution in [-0.2, 0) is 6.42 Å². The molecule has 0 spiro atoms. The van der Waals surface area contributed by atoms with Crippen LogP contribution in [-0.4, -0.2) is 13.2 Å². The minimum Gasteiger partial charge on any atom is -0.493 e. The van der Waals surface area contributed by atoms with E-state index in [-0.39, 0.29) is 5.82 Å². The maximum Gasteiger partial charge on any atom is 0.126 e. The summed E-state index contributed by atoms with van der Waals surface area (Å²) in [6.07, 6.45) is 1.59.